The zero-order chi connectivity index (χ0) is 11.7. The van der Waals surface area contributed by atoms with E-state index in [1.54, 1.807) is 24.8 Å². The van der Waals surface area contributed by atoms with Gasteiger partial charge in [0.15, 0.2) is 0 Å². The number of hydrogen-bond donors (Lipinski definition) is 1. The Bertz CT molecular complexity index is 391. The van der Waals surface area contributed by atoms with Gasteiger partial charge in [0.25, 0.3) is 0 Å². The normalized spacial score (nSPS) is 18.2. The minimum absolute atomic E-state index is 0.140. The van der Waals surface area contributed by atoms with Gasteiger partial charge in [-0.2, -0.15) is 0 Å². The van der Waals surface area contributed by atoms with Gasteiger partial charge < -0.3 is 10.5 Å². The Hall–Kier alpha value is -0.580. The van der Waals surface area contributed by atoms with Crippen LogP contribution in [-0.2, 0) is 4.74 Å². The topological polar surface area (TPSA) is 35.2 Å². The van der Waals surface area contributed by atoms with Crippen LogP contribution in [-0.4, -0.2) is 18.5 Å². The largest absolute Gasteiger partial charge is 0.379 e. The molecule has 16 heavy (non-hydrogen) atoms. The number of hydrogen-bond acceptors (Lipinski definition) is 3. The van der Waals surface area contributed by atoms with E-state index in [1.807, 2.05) is 13.0 Å². The summed E-state index contributed by atoms with van der Waals surface area (Å²) in [5.41, 5.74) is 7.42. The number of rotatable bonds is 3. The van der Waals surface area contributed by atoms with E-state index in [9.17, 15) is 4.39 Å². The van der Waals surface area contributed by atoms with Crippen LogP contribution >= 0.6 is 11.8 Å². The van der Waals surface area contributed by atoms with Crippen molar-refractivity contribution in [3.05, 3.63) is 29.1 Å². The molecule has 0 amide bonds. The van der Waals surface area contributed by atoms with Crippen LogP contribution in [0.2, 0.25) is 0 Å². The molecule has 0 radical (unpaired) electrons. The van der Waals surface area contributed by atoms with Gasteiger partial charge >= 0.3 is 0 Å². The molecule has 2 nitrogen and oxygen atoms in total. The third-order valence-electron chi connectivity index (χ3n) is 2.68. The van der Waals surface area contributed by atoms with E-state index in [2.05, 4.69) is 0 Å². The van der Waals surface area contributed by atoms with Gasteiger partial charge in [0.05, 0.1) is 18.5 Å². The monoisotopic (exact) mass is 241 g/mol. The van der Waals surface area contributed by atoms with Crippen molar-refractivity contribution in [1.82, 2.24) is 0 Å². The molecule has 88 valence electrons. The molecular formula is C12H16FNOS. The van der Waals surface area contributed by atoms with Gasteiger partial charge in [-0.15, -0.1) is 11.8 Å². The molecule has 1 aromatic rings. The predicted molar refractivity (Wildman–Crippen MR) is 64.2 cm³/mol. The Morgan fingerprint density at radius 3 is 2.69 bits per heavy atom. The number of benzene rings is 1. The molecule has 0 aliphatic carbocycles. The lowest BCUT2D eigenvalue weighted by Crippen LogP contribution is -2.30. The molecule has 1 atom stereocenters. The van der Waals surface area contributed by atoms with Gasteiger partial charge in [0.2, 0.25) is 0 Å². The molecule has 1 heterocycles. The van der Waals surface area contributed by atoms with Crippen LogP contribution in [0, 0.1) is 12.7 Å². The first-order valence-corrected chi connectivity index (χ1v) is 6.26. The van der Waals surface area contributed by atoms with Gasteiger partial charge in [-0.05, 0) is 37.1 Å². The average molecular weight is 241 g/mol. The van der Waals surface area contributed by atoms with Crippen molar-refractivity contribution in [3.63, 3.8) is 0 Å². The maximum absolute atomic E-state index is 13.5. The number of aryl methyl sites for hydroxylation is 1. The van der Waals surface area contributed by atoms with Crippen molar-refractivity contribution in [2.45, 2.75) is 30.0 Å². The number of ether oxygens (including phenoxy) is 1. The van der Waals surface area contributed by atoms with Crippen LogP contribution in [0.5, 0.6) is 0 Å². The highest BCUT2D eigenvalue weighted by atomic mass is 32.2. The molecule has 0 aromatic heterocycles. The van der Waals surface area contributed by atoms with E-state index in [1.165, 1.54) is 0 Å². The quantitative estimate of drug-likeness (QED) is 0.883. The summed E-state index contributed by atoms with van der Waals surface area (Å²) < 4.78 is 18.6. The van der Waals surface area contributed by atoms with E-state index < -0.39 is 0 Å². The van der Waals surface area contributed by atoms with Gasteiger partial charge in [-0.3, -0.25) is 0 Å². The zero-order valence-electron chi connectivity index (χ0n) is 9.50. The fraction of sp³-hybridized carbons (Fsp3) is 0.500. The molecule has 1 saturated heterocycles. The molecule has 2 N–H and O–H groups in total. The lowest BCUT2D eigenvalue weighted by molar-refractivity contribution is 0.0455. The maximum atomic E-state index is 13.5. The summed E-state index contributed by atoms with van der Waals surface area (Å²) in [6.45, 7) is 5.21. The summed E-state index contributed by atoms with van der Waals surface area (Å²) in [7, 11) is 0. The molecule has 0 unspecified atom stereocenters. The van der Waals surface area contributed by atoms with Gasteiger partial charge in [0, 0.05) is 10.9 Å². The summed E-state index contributed by atoms with van der Waals surface area (Å²) in [4.78, 5) is 1.09. The third-order valence-corrected chi connectivity index (χ3v) is 3.90. The van der Waals surface area contributed by atoms with Crippen LogP contribution in [0.25, 0.3) is 0 Å². The molecule has 2 rings (SSSR count). The van der Waals surface area contributed by atoms with E-state index in [0.29, 0.717) is 10.8 Å². The summed E-state index contributed by atoms with van der Waals surface area (Å²) in [5, 5.41) is 0.488. The minimum Gasteiger partial charge on any atom is -0.379 e. The molecule has 0 spiro atoms. The summed E-state index contributed by atoms with van der Waals surface area (Å²) in [6, 6.07) is 3.30. The molecule has 4 heteroatoms. The fourth-order valence-electron chi connectivity index (χ4n) is 1.59. The molecule has 1 aromatic carbocycles. The van der Waals surface area contributed by atoms with E-state index in [0.717, 1.165) is 23.7 Å². The van der Waals surface area contributed by atoms with Gasteiger partial charge in [0.1, 0.15) is 5.82 Å². The highest BCUT2D eigenvalue weighted by Gasteiger charge is 2.22. The second-order valence-corrected chi connectivity index (χ2v) is 5.55. The van der Waals surface area contributed by atoms with E-state index in [-0.39, 0.29) is 11.9 Å². The van der Waals surface area contributed by atoms with Crippen molar-refractivity contribution >= 4 is 11.8 Å². The second-order valence-electron chi connectivity index (χ2n) is 4.21. The Morgan fingerprint density at radius 1 is 1.50 bits per heavy atom. The predicted octanol–water partition coefficient (Wildman–Crippen LogP) is 2.64. The van der Waals surface area contributed by atoms with E-state index in [4.69, 9.17) is 10.5 Å². The standard InChI is InChI=1S/C12H16FNOS/c1-7-3-12(16-9-5-15-6-9)10(8(2)14)4-11(7)13/h3-4,8-9H,5-6,14H2,1-2H3/t8-/m0/s1. The first-order chi connectivity index (χ1) is 7.58. The zero-order valence-corrected chi connectivity index (χ0v) is 10.3. The summed E-state index contributed by atoms with van der Waals surface area (Å²) in [6.07, 6.45) is 0. The van der Waals surface area contributed by atoms with Crippen LogP contribution in [0.3, 0.4) is 0 Å². The Balaban J connectivity index is 2.28. The first-order valence-electron chi connectivity index (χ1n) is 5.38. The number of thioether (sulfide) groups is 1. The molecule has 0 bridgehead atoms. The van der Waals surface area contributed by atoms with E-state index >= 15 is 0 Å². The highest BCUT2D eigenvalue weighted by molar-refractivity contribution is 8.00. The van der Waals surface area contributed by atoms with Crippen molar-refractivity contribution in [2.75, 3.05) is 13.2 Å². The fourth-order valence-corrected chi connectivity index (χ4v) is 2.90. The molecule has 1 aliphatic heterocycles. The van der Waals surface area contributed by atoms with Crippen molar-refractivity contribution in [2.24, 2.45) is 5.73 Å². The van der Waals surface area contributed by atoms with Crippen molar-refractivity contribution in [3.8, 4) is 0 Å². The van der Waals surface area contributed by atoms with Crippen LogP contribution < -0.4 is 5.73 Å². The molecular weight excluding hydrogens is 225 g/mol. The van der Waals surface area contributed by atoms with Gasteiger partial charge in [-0.1, -0.05) is 0 Å². The maximum Gasteiger partial charge on any atom is 0.126 e. The lowest BCUT2D eigenvalue weighted by Gasteiger charge is -2.26. The minimum atomic E-state index is -0.179. The smallest absolute Gasteiger partial charge is 0.126 e. The lowest BCUT2D eigenvalue weighted by atomic mass is 10.1. The number of nitrogens with two attached hydrogens (primary N) is 1. The number of halogens is 1. The summed E-state index contributed by atoms with van der Waals surface area (Å²) >= 11 is 1.74. The second kappa shape index (κ2) is 4.73. The molecule has 1 fully saturated rings. The SMILES string of the molecule is Cc1cc(SC2COC2)c([C@H](C)N)cc1F. The van der Waals surface area contributed by atoms with Gasteiger partial charge in [-0.25, -0.2) is 4.39 Å². The summed E-state index contributed by atoms with van der Waals surface area (Å²) in [5.74, 6) is -0.179. The Morgan fingerprint density at radius 2 is 2.19 bits per heavy atom. The Labute approximate surface area is 99.4 Å². The highest BCUT2D eigenvalue weighted by Crippen LogP contribution is 2.34. The Kier molecular flexibility index (Phi) is 3.52. The first kappa shape index (κ1) is 11.9. The average Bonchev–Trinajstić information content (AvgIpc) is 2.16. The molecule has 0 saturated carbocycles. The van der Waals surface area contributed by atoms with Crippen LogP contribution in [0.15, 0.2) is 17.0 Å². The van der Waals surface area contributed by atoms with Crippen LogP contribution in [0.4, 0.5) is 4.39 Å². The van der Waals surface area contributed by atoms with Crippen LogP contribution in [0.1, 0.15) is 24.1 Å². The van der Waals surface area contributed by atoms with Crippen molar-refractivity contribution < 1.29 is 9.13 Å². The molecule has 1 aliphatic rings. The van der Waals surface area contributed by atoms with Crippen molar-refractivity contribution in [1.29, 1.82) is 0 Å². The third kappa shape index (κ3) is 2.39.